The second-order valence-corrected chi connectivity index (χ2v) is 8.36. The number of piperidine rings is 1. The molecule has 0 radical (unpaired) electrons. The van der Waals surface area contributed by atoms with Gasteiger partial charge in [0, 0.05) is 13.1 Å². The van der Waals surface area contributed by atoms with E-state index in [0.717, 1.165) is 5.56 Å². The molecule has 1 amide bonds. The van der Waals surface area contributed by atoms with E-state index >= 15 is 0 Å². The van der Waals surface area contributed by atoms with Gasteiger partial charge < -0.3 is 10.0 Å². The van der Waals surface area contributed by atoms with Gasteiger partial charge in [-0.25, -0.2) is 8.42 Å². The fourth-order valence-corrected chi connectivity index (χ4v) is 4.16. The zero-order valence-corrected chi connectivity index (χ0v) is 14.4. The van der Waals surface area contributed by atoms with Gasteiger partial charge in [-0.3, -0.25) is 9.59 Å². The zero-order chi connectivity index (χ0) is 17.6. The van der Waals surface area contributed by atoms with Crippen molar-refractivity contribution in [2.24, 2.45) is 5.92 Å². The molecule has 0 aliphatic carbocycles. The van der Waals surface area contributed by atoms with Crippen molar-refractivity contribution < 1.29 is 23.1 Å². The number of aliphatic carboxylic acids is 1. The van der Waals surface area contributed by atoms with Crippen LogP contribution in [0.3, 0.4) is 0 Å². The highest BCUT2D eigenvalue weighted by molar-refractivity contribution is 7.92. The first-order chi connectivity index (χ1) is 11.4. The van der Waals surface area contributed by atoms with Gasteiger partial charge in [0.15, 0.2) is 9.84 Å². The summed E-state index contributed by atoms with van der Waals surface area (Å²) in [4.78, 5) is 24.5. The third kappa shape index (κ3) is 5.63. The van der Waals surface area contributed by atoms with Crippen LogP contribution in [-0.4, -0.2) is 54.9 Å². The van der Waals surface area contributed by atoms with E-state index in [1.807, 2.05) is 30.3 Å². The number of carboxylic acids is 1. The lowest BCUT2D eigenvalue weighted by Crippen LogP contribution is -2.43. The van der Waals surface area contributed by atoms with Gasteiger partial charge in [-0.05, 0) is 31.2 Å². The molecule has 1 N–H and O–H groups in total. The summed E-state index contributed by atoms with van der Waals surface area (Å²) >= 11 is 0. The van der Waals surface area contributed by atoms with Gasteiger partial charge in [0.05, 0.1) is 11.7 Å². The van der Waals surface area contributed by atoms with Crippen LogP contribution in [0.15, 0.2) is 30.3 Å². The average molecular weight is 353 g/mol. The third-order valence-electron chi connectivity index (χ3n) is 4.30. The molecule has 6 nitrogen and oxygen atoms in total. The van der Waals surface area contributed by atoms with E-state index in [1.165, 1.54) is 4.90 Å². The lowest BCUT2D eigenvalue weighted by Gasteiger charge is -2.30. The maximum Gasteiger partial charge on any atom is 0.306 e. The highest BCUT2D eigenvalue weighted by atomic mass is 32.2. The van der Waals surface area contributed by atoms with E-state index in [9.17, 15) is 18.0 Å². The Kier molecular flexibility index (Phi) is 6.36. The molecule has 1 fully saturated rings. The molecule has 0 bridgehead atoms. The Balaban J connectivity index is 1.77. The summed E-state index contributed by atoms with van der Waals surface area (Å²) < 4.78 is 24.2. The normalized spacial score (nSPS) is 16.1. The number of amides is 1. The number of hydrogen-bond acceptors (Lipinski definition) is 4. The molecule has 2 rings (SSSR count). The third-order valence-corrected chi connectivity index (χ3v) is 5.90. The molecule has 0 saturated carbocycles. The zero-order valence-electron chi connectivity index (χ0n) is 13.6. The Morgan fingerprint density at radius 3 is 2.33 bits per heavy atom. The monoisotopic (exact) mass is 353 g/mol. The van der Waals surface area contributed by atoms with Gasteiger partial charge in [-0.2, -0.15) is 0 Å². The van der Waals surface area contributed by atoms with Crippen molar-refractivity contribution in [1.82, 2.24) is 4.90 Å². The van der Waals surface area contributed by atoms with E-state index in [1.54, 1.807) is 0 Å². The van der Waals surface area contributed by atoms with E-state index in [4.69, 9.17) is 5.11 Å². The Morgan fingerprint density at radius 2 is 1.75 bits per heavy atom. The van der Waals surface area contributed by atoms with E-state index in [0.29, 0.717) is 38.8 Å². The summed E-state index contributed by atoms with van der Waals surface area (Å²) in [5.74, 6) is -2.20. The predicted octanol–water partition coefficient (Wildman–Crippen LogP) is 1.36. The molecular formula is C17H23NO5S. The molecule has 1 aliphatic rings. The van der Waals surface area contributed by atoms with E-state index in [2.05, 4.69) is 0 Å². The Bertz CT molecular complexity index is 663. The first-order valence-electron chi connectivity index (χ1n) is 8.12. The Hall–Kier alpha value is -1.89. The average Bonchev–Trinajstić information content (AvgIpc) is 2.55. The number of nitrogens with zero attached hydrogens (tertiary/aromatic N) is 1. The second kappa shape index (κ2) is 8.28. The number of hydrogen-bond donors (Lipinski definition) is 1. The van der Waals surface area contributed by atoms with Crippen LogP contribution in [-0.2, 0) is 25.8 Å². The largest absolute Gasteiger partial charge is 0.481 e. The SMILES string of the molecule is O=C(O)C1CCN(C(=O)CS(=O)(=O)CCCc2ccccc2)CC1. The van der Waals surface area contributed by atoms with Crippen molar-refractivity contribution in [2.45, 2.75) is 25.7 Å². The number of aryl methyl sites for hydroxylation is 1. The summed E-state index contributed by atoms with van der Waals surface area (Å²) in [5.41, 5.74) is 1.08. The van der Waals surface area contributed by atoms with E-state index < -0.39 is 33.4 Å². The highest BCUT2D eigenvalue weighted by Crippen LogP contribution is 2.17. The molecule has 7 heteroatoms. The lowest BCUT2D eigenvalue weighted by molar-refractivity contribution is -0.145. The molecule has 0 atom stereocenters. The standard InChI is InChI=1S/C17H23NO5S/c19-16(18-10-8-15(9-11-18)17(20)21)13-24(22,23)12-4-7-14-5-2-1-3-6-14/h1-3,5-6,15H,4,7-13H2,(H,20,21). The molecule has 132 valence electrons. The number of sulfone groups is 1. The van der Waals surface area contributed by atoms with Crippen molar-refractivity contribution in [1.29, 1.82) is 0 Å². The minimum Gasteiger partial charge on any atom is -0.481 e. The minimum atomic E-state index is -3.44. The molecule has 1 saturated heterocycles. The van der Waals surface area contributed by atoms with Crippen LogP contribution in [0, 0.1) is 5.92 Å². The topological polar surface area (TPSA) is 91.8 Å². The molecule has 24 heavy (non-hydrogen) atoms. The molecule has 0 spiro atoms. The first-order valence-corrected chi connectivity index (χ1v) is 9.94. The quantitative estimate of drug-likeness (QED) is 0.799. The molecule has 1 aromatic rings. The number of carbonyl (C=O) groups is 2. The maximum absolute atomic E-state index is 12.1. The van der Waals surface area contributed by atoms with Crippen LogP contribution in [0.25, 0.3) is 0 Å². The fraction of sp³-hybridized carbons (Fsp3) is 0.529. The Morgan fingerprint density at radius 1 is 1.12 bits per heavy atom. The van der Waals surface area contributed by atoms with Gasteiger partial charge in [0.2, 0.25) is 5.91 Å². The predicted molar refractivity (Wildman–Crippen MR) is 90.4 cm³/mol. The molecule has 1 aromatic carbocycles. The number of rotatable bonds is 7. The van der Waals surface area contributed by atoms with Gasteiger partial charge in [-0.1, -0.05) is 30.3 Å². The molecule has 0 unspecified atom stereocenters. The molecule has 0 aromatic heterocycles. The molecule has 1 aliphatic heterocycles. The Labute approximate surface area is 142 Å². The summed E-state index contributed by atoms with van der Waals surface area (Å²) in [5, 5.41) is 8.94. The number of benzene rings is 1. The lowest BCUT2D eigenvalue weighted by atomic mass is 9.97. The van der Waals surface area contributed by atoms with Crippen LogP contribution in [0.1, 0.15) is 24.8 Å². The number of likely N-dealkylation sites (tertiary alicyclic amines) is 1. The molecular weight excluding hydrogens is 330 g/mol. The maximum atomic E-state index is 12.1. The van der Waals surface area contributed by atoms with Crippen LogP contribution in [0.4, 0.5) is 0 Å². The van der Waals surface area contributed by atoms with Crippen molar-refractivity contribution in [3.8, 4) is 0 Å². The number of carbonyl (C=O) groups excluding carboxylic acids is 1. The number of carboxylic acid groups (broad SMARTS) is 1. The van der Waals surface area contributed by atoms with Crippen LogP contribution in [0.2, 0.25) is 0 Å². The van der Waals surface area contributed by atoms with Crippen LogP contribution in [0.5, 0.6) is 0 Å². The summed E-state index contributed by atoms with van der Waals surface area (Å²) in [6.07, 6.45) is 1.92. The molecule has 1 heterocycles. The van der Waals surface area contributed by atoms with Gasteiger partial charge >= 0.3 is 5.97 Å². The van der Waals surface area contributed by atoms with Gasteiger partial charge in [0.1, 0.15) is 5.75 Å². The van der Waals surface area contributed by atoms with Gasteiger partial charge in [0.25, 0.3) is 0 Å². The summed E-state index contributed by atoms with van der Waals surface area (Å²) in [6, 6.07) is 9.63. The first kappa shape index (κ1) is 18.4. The van der Waals surface area contributed by atoms with Gasteiger partial charge in [-0.15, -0.1) is 0 Å². The van der Waals surface area contributed by atoms with Crippen molar-refractivity contribution >= 4 is 21.7 Å². The minimum absolute atomic E-state index is 0.0147. The van der Waals surface area contributed by atoms with Crippen LogP contribution < -0.4 is 0 Å². The van der Waals surface area contributed by atoms with Crippen LogP contribution >= 0.6 is 0 Å². The van der Waals surface area contributed by atoms with E-state index in [-0.39, 0.29) is 5.75 Å². The van der Waals surface area contributed by atoms with Crippen molar-refractivity contribution in [2.75, 3.05) is 24.6 Å². The summed E-state index contributed by atoms with van der Waals surface area (Å²) in [7, 11) is -3.44. The smallest absolute Gasteiger partial charge is 0.306 e. The second-order valence-electron chi connectivity index (χ2n) is 6.17. The fourth-order valence-electron chi connectivity index (χ4n) is 2.87. The van der Waals surface area contributed by atoms with Crippen molar-refractivity contribution in [3.63, 3.8) is 0 Å². The van der Waals surface area contributed by atoms with Crippen molar-refractivity contribution in [3.05, 3.63) is 35.9 Å². The highest BCUT2D eigenvalue weighted by Gasteiger charge is 2.28. The summed E-state index contributed by atoms with van der Waals surface area (Å²) in [6.45, 7) is 0.630.